The Hall–Kier alpha value is -3.06. The zero-order valence-electron chi connectivity index (χ0n) is 18.8. The Kier molecular flexibility index (Phi) is 7.52. The summed E-state index contributed by atoms with van der Waals surface area (Å²) in [5.41, 5.74) is 3.97. The highest BCUT2D eigenvalue weighted by atomic mass is 16.5. The highest BCUT2D eigenvalue weighted by molar-refractivity contribution is 5.96. The Morgan fingerprint density at radius 2 is 1.61 bits per heavy atom. The van der Waals surface area contributed by atoms with E-state index in [1.165, 1.54) is 0 Å². The van der Waals surface area contributed by atoms with E-state index in [0.717, 1.165) is 54.4 Å². The summed E-state index contributed by atoms with van der Waals surface area (Å²) in [4.78, 5) is 29.4. The van der Waals surface area contributed by atoms with Crippen molar-refractivity contribution in [3.63, 3.8) is 0 Å². The molecule has 2 N–H and O–H groups in total. The van der Waals surface area contributed by atoms with Crippen LogP contribution in [0.1, 0.15) is 18.1 Å². The largest absolute Gasteiger partial charge is 0.497 e. The van der Waals surface area contributed by atoms with Crippen molar-refractivity contribution in [1.82, 2.24) is 10.2 Å². The summed E-state index contributed by atoms with van der Waals surface area (Å²) < 4.78 is 5.22. The molecule has 0 aromatic heterocycles. The van der Waals surface area contributed by atoms with Gasteiger partial charge in [0.1, 0.15) is 5.75 Å². The zero-order chi connectivity index (χ0) is 22.4. The average Bonchev–Trinajstić information content (AvgIpc) is 2.79. The molecular formula is C24H32N4O3. The Labute approximate surface area is 184 Å². The van der Waals surface area contributed by atoms with Gasteiger partial charge in [-0.15, -0.1) is 0 Å². The molecule has 0 radical (unpaired) electrons. The van der Waals surface area contributed by atoms with E-state index in [1.54, 1.807) is 7.11 Å². The van der Waals surface area contributed by atoms with E-state index in [1.807, 2.05) is 51.1 Å². The first kappa shape index (κ1) is 22.6. The van der Waals surface area contributed by atoms with Gasteiger partial charge in [0.25, 0.3) is 0 Å². The van der Waals surface area contributed by atoms with Gasteiger partial charge in [-0.2, -0.15) is 0 Å². The lowest BCUT2D eigenvalue weighted by Gasteiger charge is -2.38. The molecular weight excluding hydrogens is 392 g/mol. The Balaban J connectivity index is 1.45. The van der Waals surface area contributed by atoms with Crippen LogP contribution in [0.25, 0.3) is 0 Å². The monoisotopic (exact) mass is 424 g/mol. The maximum atomic E-state index is 12.6. The SMILES string of the molecule is COc1ccc(N2CCN([C@H](C)C(=O)NCC(=O)Nc3c(C)cccc3C)CC2)cc1. The van der Waals surface area contributed by atoms with Crippen molar-refractivity contribution in [3.05, 3.63) is 53.6 Å². The molecule has 0 bridgehead atoms. The Morgan fingerprint density at radius 3 is 2.19 bits per heavy atom. The fraction of sp³-hybridized carbons (Fsp3) is 0.417. The van der Waals surface area contributed by atoms with Crippen LogP contribution < -0.4 is 20.3 Å². The maximum absolute atomic E-state index is 12.6. The van der Waals surface area contributed by atoms with Crippen molar-refractivity contribution in [2.45, 2.75) is 26.8 Å². The Morgan fingerprint density at radius 1 is 1.00 bits per heavy atom. The smallest absolute Gasteiger partial charge is 0.243 e. The lowest BCUT2D eigenvalue weighted by molar-refractivity contribution is -0.128. The molecule has 3 rings (SSSR count). The minimum Gasteiger partial charge on any atom is -0.497 e. The van der Waals surface area contributed by atoms with Crippen molar-refractivity contribution >= 4 is 23.2 Å². The van der Waals surface area contributed by atoms with Crippen molar-refractivity contribution in [1.29, 1.82) is 0 Å². The number of carbonyl (C=O) groups is 2. The number of para-hydroxylation sites is 1. The second-order valence-corrected chi connectivity index (χ2v) is 7.93. The van der Waals surface area contributed by atoms with Crippen LogP contribution in [0.15, 0.2) is 42.5 Å². The molecule has 1 aliphatic heterocycles. The second kappa shape index (κ2) is 10.3. The molecule has 1 atom stereocenters. The Bertz CT molecular complexity index is 885. The molecule has 2 amide bonds. The van der Waals surface area contributed by atoms with Crippen molar-refractivity contribution in [2.24, 2.45) is 0 Å². The average molecular weight is 425 g/mol. The third-order valence-corrected chi connectivity index (χ3v) is 5.85. The van der Waals surface area contributed by atoms with Crippen LogP contribution in [0.5, 0.6) is 5.75 Å². The van der Waals surface area contributed by atoms with E-state index in [-0.39, 0.29) is 24.4 Å². The van der Waals surface area contributed by atoms with Gasteiger partial charge in [0, 0.05) is 37.6 Å². The third-order valence-electron chi connectivity index (χ3n) is 5.85. The van der Waals surface area contributed by atoms with Crippen LogP contribution in [0.3, 0.4) is 0 Å². The van der Waals surface area contributed by atoms with Gasteiger partial charge in [0.2, 0.25) is 11.8 Å². The quantitative estimate of drug-likeness (QED) is 0.715. The second-order valence-electron chi connectivity index (χ2n) is 7.93. The first-order valence-corrected chi connectivity index (χ1v) is 10.7. The molecule has 0 aliphatic carbocycles. The standard InChI is InChI=1S/C24H32N4O3/c1-17-6-5-7-18(2)23(17)26-22(29)16-25-24(30)19(3)27-12-14-28(15-13-27)20-8-10-21(31-4)11-9-20/h5-11,19H,12-16H2,1-4H3,(H,25,30)(H,26,29)/t19-/m1/s1. The summed E-state index contributed by atoms with van der Waals surface area (Å²) in [6.45, 7) is 9.02. The van der Waals surface area contributed by atoms with Gasteiger partial charge in [-0.25, -0.2) is 0 Å². The maximum Gasteiger partial charge on any atom is 0.243 e. The fourth-order valence-electron chi connectivity index (χ4n) is 3.84. The molecule has 2 aromatic rings. The van der Waals surface area contributed by atoms with Gasteiger partial charge in [-0.3, -0.25) is 14.5 Å². The summed E-state index contributed by atoms with van der Waals surface area (Å²) in [7, 11) is 1.66. The number of ether oxygens (including phenoxy) is 1. The van der Waals surface area contributed by atoms with Gasteiger partial charge < -0.3 is 20.3 Å². The number of rotatable bonds is 7. The van der Waals surface area contributed by atoms with E-state index >= 15 is 0 Å². The minimum absolute atomic E-state index is 0.0389. The van der Waals surface area contributed by atoms with Gasteiger partial charge >= 0.3 is 0 Å². The number of methoxy groups -OCH3 is 1. The summed E-state index contributed by atoms with van der Waals surface area (Å²) in [5, 5.41) is 5.68. The van der Waals surface area contributed by atoms with Gasteiger partial charge in [0.15, 0.2) is 0 Å². The number of aryl methyl sites for hydroxylation is 2. The molecule has 166 valence electrons. The van der Waals surface area contributed by atoms with Crippen LogP contribution in [-0.2, 0) is 9.59 Å². The molecule has 2 aromatic carbocycles. The van der Waals surface area contributed by atoms with Gasteiger partial charge in [-0.05, 0) is 56.2 Å². The molecule has 7 heteroatoms. The number of benzene rings is 2. The molecule has 0 spiro atoms. The van der Waals surface area contributed by atoms with E-state index < -0.39 is 0 Å². The first-order chi connectivity index (χ1) is 14.9. The number of carbonyl (C=O) groups excluding carboxylic acids is 2. The number of anilines is 2. The molecule has 1 heterocycles. The topological polar surface area (TPSA) is 73.9 Å². The number of hydrogen-bond donors (Lipinski definition) is 2. The number of hydrogen-bond acceptors (Lipinski definition) is 5. The van der Waals surface area contributed by atoms with E-state index in [0.29, 0.717) is 0 Å². The van der Waals surface area contributed by atoms with Crippen molar-refractivity contribution in [3.8, 4) is 5.75 Å². The highest BCUT2D eigenvalue weighted by Gasteiger charge is 2.26. The molecule has 1 fully saturated rings. The van der Waals surface area contributed by atoms with Crippen LogP contribution in [0.2, 0.25) is 0 Å². The van der Waals surface area contributed by atoms with Crippen molar-refractivity contribution < 1.29 is 14.3 Å². The molecule has 1 saturated heterocycles. The van der Waals surface area contributed by atoms with Crippen LogP contribution in [0.4, 0.5) is 11.4 Å². The van der Waals surface area contributed by atoms with Gasteiger partial charge in [0.05, 0.1) is 19.7 Å². The normalized spacial score (nSPS) is 15.3. The first-order valence-electron chi connectivity index (χ1n) is 10.7. The van der Waals surface area contributed by atoms with Crippen molar-refractivity contribution in [2.75, 3.05) is 50.1 Å². The predicted octanol–water partition coefficient (Wildman–Crippen LogP) is 2.58. The van der Waals surface area contributed by atoms with Crippen LogP contribution in [-0.4, -0.2) is 62.6 Å². The zero-order valence-corrected chi connectivity index (χ0v) is 18.8. The lowest BCUT2D eigenvalue weighted by atomic mass is 10.1. The molecule has 0 unspecified atom stereocenters. The third kappa shape index (κ3) is 5.76. The van der Waals surface area contributed by atoms with E-state index in [2.05, 4.69) is 32.6 Å². The molecule has 0 saturated carbocycles. The number of amides is 2. The summed E-state index contributed by atoms with van der Waals surface area (Å²) in [6.07, 6.45) is 0. The molecule has 31 heavy (non-hydrogen) atoms. The highest BCUT2D eigenvalue weighted by Crippen LogP contribution is 2.21. The predicted molar refractivity (Wildman–Crippen MR) is 124 cm³/mol. The van der Waals surface area contributed by atoms with E-state index in [9.17, 15) is 9.59 Å². The number of piperazine rings is 1. The molecule has 7 nitrogen and oxygen atoms in total. The minimum atomic E-state index is -0.286. The van der Waals surface area contributed by atoms with Crippen LogP contribution >= 0.6 is 0 Å². The van der Waals surface area contributed by atoms with E-state index in [4.69, 9.17) is 4.74 Å². The number of nitrogens with zero attached hydrogens (tertiary/aromatic N) is 2. The van der Waals surface area contributed by atoms with Gasteiger partial charge in [-0.1, -0.05) is 18.2 Å². The van der Waals surface area contributed by atoms with Crippen LogP contribution in [0, 0.1) is 13.8 Å². The summed E-state index contributed by atoms with van der Waals surface area (Å²) in [5.74, 6) is 0.492. The lowest BCUT2D eigenvalue weighted by Crippen LogP contribution is -2.54. The summed E-state index contributed by atoms with van der Waals surface area (Å²) >= 11 is 0. The molecule has 1 aliphatic rings. The fourth-order valence-corrected chi connectivity index (χ4v) is 3.84. The number of nitrogens with one attached hydrogen (secondary N) is 2. The summed E-state index contributed by atoms with van der Waals surface area (Å²) in [6, 6.07) is 13.6.